The average Bonchev–Trinajstić information content (AvgIpc) is 2.30. The minimum absolute atomic E-state index is 0.967. The Bertz CT molecular complexity index is 344. The van der Waals surface area contributed by atoms with Gasteiger partial charge in [0, 0.05) is 30.6 Å². The van der Waals surface area contributed by atoms with E-state index in [1.165, 1.54) is 43.4 Å². The molecule has 0 bridgehead atoms. The molecule has 1 aliphatic rings. The fraction of sp³-hybridized carbons (Fsp3) is 0.500. The van der Waals surface area contributed by atoms with E-state index < -0.39 is 0 Å². The molecule has 1 aromatic rings. The van der Waals surface area contributed by atoms with Gasteiger partial charge in [-0.1, -0.05) is 37.5 Å². The van der Waals surface area contributed by atoms with Crippen LogP contribution in [0.25, 0.3) is 0 Å². The lowest BCUT2D eigenvalue weighted by molar-refractivity contribution is 0.629. The lowest BCUT2D eigenvalue weighted by Gasteiger charge is -2.10. The molecule has 2 heteroatoms. The summed E-state index contributed by atoms with van der Waals surface area (Å²) in [5.41, 5.74) is 2.43. The van der Waals surface area contributed by atoms with Crippen molar-refractivity contribution in [3.8, 4) is 0 Å². The largest absolute Gasteiger partial charge is 0.385 e. The van der Waals surface area contributed by atoms with Gasteiger partial charge < -0.3 is 5.32 Å². The van der Waals surface area contributed by atoms with Crippen LogP contribution < -0.4 is 5.32 Å². The Morgan fingerprint density at radius 1 is 0.938 bits per heavy atom. The maximum absolute atomic E-state index is 4.48. The standard InChI is InChI=1S/C14H20N2/c1-2-6-10-15-12-13-8-4-5-9-14(13)16-11-7-3-1/h4-5,8-9,12,16H,1-3,6-7,10-11H2. The highest BCUT2D eigenvalue weighted by Gasteiger charge is 1.99. The molecule has 0 aliphatic carbocycles. The first kappa shape index (κ1) is 11.2. The molecule has 0 fully saturated rings. The Labute approximate surface area is 97.8 Å². The van der Waals surface area contributed by atoms with Crippen molar-refractivity contribution in [2.45, 2.75) is 32.1 Å². The van der Waals surface area contributed by atoms with Crippen LogP contribution in [-0.4, -0.2) is 19.3 Å². The van der Waals surface area contributed by atoms with Gasteiger partial charge in [-0.2, -0.15) is 0 Å². The van der Waals surface area contributed by atoms with E-state index in [4.69, 9.17) is 0 Å². The van der Waals surface area contributed by atoms with Gasteiger partial charge in [0.1, 0.15) is 0 Å². The summed E-state index contributed by atoms with van der Waals surface area (Å²) in [6, 6.07) is 8.40. The molecule has 0 saturated heterocycles. The zero-order valence-electron chi connectivity index (χ0n) is 9.78. The maximum Gasteiger partial charge on any atom is 0.0429 e. The van der Waals surface area contributed by atoms with Gasteiger partial charge in [0.05, 0.1) is 0 Å². The molecule has 1 aromatic carbocycles. The van der Waals surface area contributed by atoms with Crippen molar-refractivity contribution in [3.63, 3.8) is 0 Å². The van der Waals surface area contributed by atoms with Crippen molar-refractivity contribution in [1.29, 1.82) is 0 Å². The van der Waals surface area contributed by atoms with Gasteiger partial charge in [-0.05, 0) is 18.9 Å². The van der Waals surface area contributed by atoms with Gasteiger partial charge in [-0.25, -0.2) is 0 Å². The molecule has 2 rings (SSSR count). The summed E-state index contributed by atoms with van der Waals surface area (Å²) in [4.78, 5) is 4.48. The summed E-state index contributed by atoms with van der Waals surface area (Å²) in [6.07, 6.45) is 8.50. The van der Waals surface area contributed by atoms with Crippen molar-refractivity contribution in [2.75, 3.05) is 18.4 Å². The SMILES string of the molecule is C1=NCCCCCCCNc2ccccc21. The van der Waals surface area contributed by atoms with E-state index in [9.17, 15) is 0 Å². The molecular formula is C14H20N2. The van der Waals surface area contributed by atoms with E-state index in [-0.39, 0.29) is 0 Å². The number of benzene rings is 1. The molecule has 0 saturated carbocycles. The highest BCUT2D eigenvalue weighted by Crippen LogP contribution is 2.14. The number of fused-ring (bicyclic) bond motifs is 1. The van der Waals surface area contributed by atoms with E-state index in [2.05, 4.69) is 34.6 Å². The molecule has 2 nitrogen and oxygen atoms in total. The Morgan fingerprint density at radius 2 is 1.75 bits per heavy atom. The molecule has 16 heavy (non-hydrogen) atoms. The minimum atomic E-state index is 0.967. The van der Waals surface area contributed by atoms with Gasteiger partial charge >= 0.3 is 0 Å². The second kappa shape index (κ2) is 6.31. The van der Waals surface area contributed by atoms with Crippen LogP contribution in [0.4, 0.5) is 5.69 Å². The highest BCUT2D eigenvalue weighted by molar-refractivity contribution is 5.87. The predicted octanol–water partition coefficient (Wildman–Crippen LogP) is 3.48. The number of hydrogen-bond donors (Lipinski definition) is 1. The van der Waals surface area contributed by atoms with E-state index in [0.29, 0.717) is 0 Å². The third-order valence-corrected chi connectivity index (χ3v) is 2.97. The van der Waals surface area contributed by atoms with Crippen LogP contribution in [-0.2, 0) is 0 Å². The second-order valence-corrected chi connectivity index (χ2v) is 4.32. The molecule has 1 aliphatic heterocycles. The molecule has 0 amide bonds. The number of para-hydroxylation sites is 1. The number of aliphatic imine (C=N–C) groups is 1. The molecule has 86 valence electrons. The minimum Gasteiger partial charge on any atom is -0.385 e. The first-order chi connectivity index (χ1) is 7.97. The fourth-order valence-electron chi connectivity index (χ4n) is 2.01. The van der Waals surface area contributed by atoms with Crippen molar-refractivity contribution in [3.05, 3.63) is 29.8 Å². The summed E-state index contributed by atoms with van der Waals surface area (Å²) < 4.78 is 0. The van der Waals surface area contributed by atoms with E-state index in [0.717, 1.165) is 13.1 Å². The van der Waals surface area contributed by atoms with Crippen molar-refractivity contribution < 1.29 is 0 Å². The summed E-state index contributed by atoms with van der Waals surface area (Å²) in [5, 5.41) is 3.49. The molecular weight excluding hydrogens is 196 g/mol. The quantitative estimate of drug-likeness (QED) is 0.705. The Hall–Kier alpha value is -1.31. The topological polar surface area (TPSA) is 24.4 Å². The van der Waals surface area contributed by atoms with Gasteiger partial charge in [0.15, 0.2) is 0 Å². The van der Waals surface area contributed by atoms with Crippen LogP contribution in [0.15, 0.2) is 29.3 Å². The first-order valence-electron chi connectivity index (χ1n) is 6.29. The molecule has 0 aromatic heterocycles. The Kier molecular flexibility index (Phi) is 4.41. The zero-order chi connectivity index (χ0) is 11.1. The number of nitrogens with zero attached hydrogens (tertiary/aromatic N) is 1. The summed E-state index contributed by atoms with van der Waals surface area (Å²) in [7, 11) is 0. The van der Waals surface area contributed by atoms with Crippen LogP contribution in [0, 0.1) is 0 Å². The van der Waals surface area contributed by atoms with E-state index in [1.54, 1.807) is 0 Å². The monoisotopic (exact) mass is 216 g/mol. The molecule has 0 radical (unpaired) electrons. The normalized spacial score (nSPS) is 17.8. The van der Waals surface area contributed by atoms with Gasteiger partial charge in [-0.15, -0.1) is 0 Å². The molecule has 0 unspecified atom stereocenters. The fourth-order valence-corrected chi connectivity index (χ4v) is 2.01. The molecule has 0 atom stereocenters. The number of rotatable bonds is 0. The predicted molar refractivity (Wildman–Crippen MR) is 70.5 cm³/mol. The molecule has 1 heterocycles. The van der Waals surface area contributed by atoms with Crippen LogP contribution in [0.3, 0.4) is 0 Å². The molecule has 0 spiro atoms. The van der Waals surface area contributed by atoms with Crippen molar-refractivity contribution >= 4 is 11.9 Å². The second-order valence-electron chi connectivity index (χ2n) is 4.32. The smallest absolute Gasteiger partial charge is 0.0429 e. The van der Waals surface area contributed by atoms with Crippen LogP contribution in [0.2, 0.25) is 0 Å². The first-order valence-corrected chi connectivity index (χ1v) is 6.29. The van der Waals surface area contributed by atoms with E-state index in [1.807, 2.05) is 6.21 Å². The van der Waals surface area contributed by atoms with Gasteiger partial charge in [-0.3, -0.25) is 4.99 Å². The summed E-state index contributed by atoms with van der Waals surface area (Å²) in [5.74, 6) is 0. The Morgan fingerprint density at radius 3 is 2.75 bits per heavy atom. The lowest BCUT2D eigenvalue weighted by Crippen LogP contribution is -2.04. The average molecular weight is 216 g/mol. The van der Waals surface area contributed by atoms with Gasteiger partial charge in [0.2, 0.25) is 0 Å². The number of nitrogens with one attached hydrogen (secondary N) is 1. The van der Waals surface area contributed by atoms with Crippen LogP contribution in [0.5, 0.6) is 0 Å². The van der Waals surface area contributed by atoms with Crippen molar-refractivity contribution in [2.24, 2.45) is 4.99 Å². The third kappa shape index (κ3) is 3.37. The van der Waals surface area contributed by atoms with E-state index >= 15 is 0 Å². The summed E-state index contributed by atoms with van der Waals surface area (Å²) >= 11 is 0. The Balaban J connectivity index is 2.09. The number of anilines is 1. The lowest BCUT2D eigenvalue weighted by atomic mass is 10.1. The number of hydrogen-bond acceptors (Lipinski definition) is 2. The molecule has 1 N–H and O–H groups in total. The zero-order valence-corrected chi connectivity index (χ0v) is 9.78. The summed E-state index contributed by atoms with van der Waals surface area (Å²) in [6.45, 7) is 2.04. The van der Waals surface area contributed by atoms with Crippen LogP contribution in [0.1, 0.15) is 37.7 Å². The van der Waals surface area contributed by atoms with Crippen molar-refractivity contribution in [1.82, 2.24) is 0 Å². The third-order valence-electron chi connectivity index (χ3n) is 2.97. The highest BCUT2D eigenvalue weighted by atomic mass is 14.9. The maximum atomic E-state index is 4.48. The van der Waals surface area contributed by atoms with Crippen LogP contribution >= 0.6 is 0 Å². The van der Waals surface area contributed by atoms with Gasteiger partial charge in [0.25, 0.3) is 0 Å².